The zero-order chi connectivity index (χ0) is 16.4. The summed E-state index contributed by atoms with van der Waals surface area (Å²) in [7, 11) is 1.90. The number of primary amides is 1. The maximum absolute atomic E-state index is 11.8. The van der Waals surface area contributed by atoms with E-state index in [-0.39, 0.29) is 18.5 Å². The molecule has 1 aromatic heterocycles. The molecule has 130 valence electrons. The number of nitrogens with one attached hydrogen (secondary N) is 1. The van der Waals surface area contributed by atoms with Gasteiger partial charge in [-0.1, -0.05) is 6.92 Å². The van der Waals surface area contributed by atoms with Gasteiger partial charge in [0.2, 0.25) is 0 Å². The van der Waals surface area contributed by atoms with Crippen LogP contribution < -0.4 is 15.8 Å². The van der Waals surface area contributed by atoms with Crippen LogP contribution in [-0.2, 0) is 7.05 Å². The smallest absolute Gasteiger partial charge is 0.252 e. The third kappa shape index (κ3) is 3.88. The molecule has 0 aliphatic carbocycles. The van der Waals surface area contributed by atoms with Gasteiger partial charge in [0.05, 0.1) is 17.6 Å². The van der Waals surface area contributed by atoms with Crippen LogP contribution in [0.3, 0.4) is 0 Å². The summed E-state index contributed by atoms with van der Waals surface area (Å²) >= 11 is 0. The first-order chi connectivity index (χ1) is 11.0. The Kier molecular flexibility index (Phi) is 5.85. The van der Waals surface area contributed by atoms with Gasteiger partial charge in [-0.05, 0) is 31.2 Å². The number of carbonyl (C=O) groups excluding carboxylic acids is 1. The van der Waals surface area contributed by atoms with Gasteiger partial charge in [-0.2, -0.15) is 0 Å². The van der Waals surface area contributed by atoms with Crippen LogP contribution in [0.2, 0.25) is 0 Å². The first-order valence-corrected chi connectivity index (χ1v) is 7.84. The number of nitrogens with zero attached hydrogens (tertiary/aromatic N) is 2. The van der Waals surface area contributed by atoms with Crippen molar-refractivity contribution in [2.75, 3.05) is 13.1 Å². The summed E-state index contributed by atoms with van der Waals surface area (Å²) in [6, 6.07) is 5.49. The third-order valence-electron chi connectivity index (χ3n) is 4.23. The van der Waals surface area contributed by atoms with Gasteiger partial charge < -0.3 is 20.4 Å². The number of rotatable bonds is 4. The van der Waals surface area contributed by atoms with Crippen molar-refractivity contribution in [2.45, 2.75) is 19.4 Å². The van der Waals surface area contributed by atoms with E-state index in [4.69, 9.17) is 10.5 Å². The predicted octanol–water partition coefficient (Wildman–Crippen LogP) is 1.98. The van der Waals surface area contributed by atoms with Gasteiger partial charge in [-0.3, -0.25) is 4.79 Å². The van der Waals surface area contributed by atoms with Gasteiger partial charge in [-0.25, -0.2) is 4.98 Å². The average molecular weight is 351 g/mol. The molecule has 24 heavy (non-hydrogen) atoms. The fourth-order valence-corrected chi connectivity index (χ4v) is 2.87. The van der Waals surface area contributed by atoms with Crippen LogP contribution in [-0.4, -0.2) is 34.7 Å². The molecular weight excluding hydrogens is 328 g/mol. The highest BCUT2D eigenvalue weighted by atomic mass is 35.5. The number of aryl methyl sites for hydroxylation is 1. The van der Waals surface area contributed by atoms with E-state index in [9.17, 15) is 4.79 Å². The maximum Gasteiger partial charge on any atom is 0.252 e. The number of ether oxygens (including phenoxy) is 1. The van der Waals surface area contributed by atoms with Crippen molar-refractivity contribution in [3.8, 4) is 17.0 Å². The van der Waals surface area contributed by atoms with Gasteiger partial charge in [-0.15, -0.1) is 12.4 Å². The van der Waals surface area contributed by atoms with Crippen molar-refractivity contribution in [2.24, 2.45) is 18.7 Å². The van der Waals surface area contributed by atoms with E-state index in [1.54, 1.807) is 12.4 Å². The Labute approximate surface area is 147 Å². The lowest BCUT2D eigenvalue weighted by Gasteiger charge is -2.30. The van der Waals surface area contributed by atoms with Crippen molar-refractivity contribution in [1.29, 1.82) is 0 Å². The quantitative estimate of drug-likeness (QED) is 0.883. The van der Waals surface area contributed by atoms with Gasteiger partial charge in [0.25, 0.3) is 5.91 Å². The van der Waals surface area contributed by atoms with Crippen LogP contribution in [0, 0.1) is 5.92 Å². The fraction of sp³-hybridized carbons (Fsp3) is 0.412. The molecule has 1 aromatic carbocycles. The summed E-state index contributed by atoms with van der Waals surface area (Å²) < 4.78 is 7.95. The summed E-state index contributed by atoms with van der Waals surface area (Å²) in [6.45, 7) is 3.98. The Morgan fingerprint density at radius 2 is 2.25 bits per heavy atom. The van der Waals surface area contributed by atoms with Crippen LogP contribution in [0.4, 0.5) is 0 Å². The van der Waals surface area contributed by atoms with E-state index in [0.29, 0.717) is 17.2 Å². The van der Waals surface area contributed by atoms with Crippen LogP contribution in [0.25, 0.3) is 11.3 Å². The van der Waals surface area contributed by atoms with E-state index in [2.05, 4.69) is 17.2 Å². The van der Waals surface area contributed by atoms with E-state index >= 15 is 0 Å². The topological polar surface area (TPSA) is 82.2 Å². The van der Waals surface area contributed by atoms with Crippen molar-refractivity contribution in [3.63, 3.8) is 0 Å². The molecule has 1 aliphatic rings. The molecule has 0 bridgehead atoms. The number of hydrogen-bond donors (Lipinski definition) is 2. The molecule has 0 spiro atoms. The minimum Gasteiger partial charge on any atom is -0.489 e. The highest BCUT2D eigenvalue weighted by Crippen LogP contribution is 2.28. The average Bonchev–Trinajstić information content (AvgIpc) is 2.96. The Hall–Kier alpha value is -2.05. The number of hydrogen-bond acceptors (Lipinski definition) is 4. The molecule has 1 fully saturated rings. The zero-order valence-corrected chi connectivity index (χ0v) is 14.7. The molecule has 3 rings (SSSR count). The van der Waals surface area contributed by atoms with Gasteiger partial charge >= 0.3 is 0 Å². The first kappa shape index (κ1) is 18.3. The molecule has 3 N–H and O–H groups in total. The Morgan fingerprint density at radius 1 is 1.46 bits per heavy atom. The van der Waals surface area contributed by atoms with E-state index in [1.807, 2.05) is 29.9 Å². The van der Waals surface area contributed by atoms with Crippen molar-refractivity contribution in [1.82, 2.24) is 14.9 Å². The molecule has 7 heteroatoms. The molecule has 2 unspecified atom stereocenters. The summed E-state index contributed by atoms with van der Waals surface area (Å²) in [5.74, 6) is 0.454. The predicted molar refractivity (Wildman–Crippen MR) is 95.5 cm³/mol. The van der Waals surface area contributed by atoms with Crippen LogP contribution >= 0.6 is 12.4 Å². The molecule has 2 heterocycles. The second-order valence-corrected chi connectivity index (χ2v) is 6.13. The lowest BCUT2D eigenvalue weighted by molar-refractivity contribution is 0.0961. The minimum atomic E-state index is -0.487. The highest BCUT2D eigenvalue weighted by Gasteiger charge is 2.24. The lowest BCUT2D eigenvalue weighted by Crippen LogP contribution is -2.41. The lowest BCUT2D eigenvalue weighted by atomic mass is 9.98. The summed E-state index contributed by atoms with van der Waals surface area (Å²) in [4.78, 5) is 16.1. The Morgan fingerprint density at radius 3 is 2.88 bits per heavy atom. The third-order valence-corrected chi connectivity index (χ3v) is 4.23. The van der Waals surface area contributed by atoms with E-state index < -0.39 is 5.91 Å². The molecule has 1 saturated heterocycles. The molecule has 2 aromatic rings. The monoisotopic (exact) mass is 350 g/mol. The summed E-state index contributed by atoms with van der Waals surface area (Å²) in [5, 5.41) is 3.34. The number of imidazole rings is 1. The molecule has 0 radical (unpaired) electrons. The molecule has 2 atom stereocenters. The molecule has 6 nitrogen and oxygen atoms in total. The largest absolute Gasteiger partial charge is 0.489 e. The zero-order valence-electron chi connectivity index (χ0n) is 13.9. The van der Waals surface area contributed by atoms with E-state index in [0.717, 1.165) is 30.8 Å². The van der Waals surface area contributed by atoms with Gasteiger partial charge in [0, 0.05) is 31.3 Å². The maximum atomic E-state index is 11.8. The number of nitrogens with two attached hydrogens (primary N) is 1. The highest BCUT2D eigenvalue weighted by molar-refractivity contribution is 5.96. The first-order valence-electron chi connectivity index (χ1n) is 7.84. The molecule has 1 aliphatic heterocycles. The van der Waals surface area contributed by atoms with E-state index in [1.165, 1.54) is 0 Å². The fourth-order valence-electron chi connectivity index (χ4n) is 2.87. The Bertz CT molecular complexity index is 716. The standard InChI is InChI=1S/C17H22N4O2.ClH/c1-11-8-19-6-5-15(11)23-16-4-3-12(7-13(16)17(18)22)14-9-21(2)10-20-14;/h3-4,7,9-11,15,19H,5-6,8H2,1-2H3,(H2,18,22);1H. The molecule has 1 amide bonds. The summed E-state index contributed by atoms with van der Waals surface area (Å²) in [6.07, 6.45) is 4.63. The van der Waals surface area contributed by atoms with Gasteiger partial charge in [0.1, 0.15) is 11.9 Å². The molecular formula is C17H23ClN4O2. The van der Waals surface area contributed by atoms with Gasteiger partial charge in [0.15, 0.2) is 0 Å². The SMILES string of the molecule is CC1CNCCC1Oc1ccc(-c2cn(C)cn2)cc1C(N)=O.Cl. The van der Waals surface area contributed by atoms with Crippen molar-refractivity contribution >= 4 is 18.3 Å². The normalized spacial score (nSPS) is 20.2. The van der Waals surface area contributed by atoms with Crippen LogP contribution in [0.1, 0.15) is 23.7 Å². The minimum absolute atomic E-state index is 0. The van der Waals surface area contributed by atoms with Crippen LogP contribution in [0.15, 0.2) is 30.7 Å². The number of benzene rings is 1. The second-order valence-electron chi connectivity index (χ2n) is 6.13. The van der Waals surface area contributed by atoms with Crippen molar-refractivity contribution < 1.29 is 9.53 Å². The molecule has 0 saturated carbocycles. The van der Waals surface area contributed by atoms with Crippen LogP contribution in [0.5, 0.6) is 5.75 Å². The number of piperidine rings is 1. The second kappa shape index (κ2) is 7.68. The number of carbonyl (C=O) groups is 1. The Balaban J connectivity index is 0.00000208. The number of amides is 1. The number of halogens is 1. The van der Waals surface area contributed by atoms with Crippen molar-refractivity contribution in [3.05, 3.63) is 36.3 Å². The number of aromatic nitrogens is 2. The summed E-state index contributed by atoms with van der Waals surface area (Å²) in [5.41, 5.74) is 7.61.